The van der Waals surface area contributed by atoms with Crippen LogP contribution in [0.15, 0.2) is 231 Å². The molecule has 0 saturated carbocycles. The fourth-order valence-corrected chi connectivity index (χ4v) is 13.1. The number of hydrogen-bond donors (Lipinski definition) is 0. The molecule has 0 atom stereocenters. The maximum atomic E-state index is 2.49. The Morgan fingerprint density at radius 1 is 0.306 bits per heavy atom. The van der Waals surface area contributed by atoms with Gasteiger partial charge < -0.3 is 9.47 Å². The summed E-state index contributed by atoms with van der Waals surface area (Å²) in [6.07, 6.45) is 0. The molecule has 2 aliphatic carbocycles. The summed E-state index contributed by atoms with van der Waals surface area (Å²) in [6, 6.07) is 86.6. The molecule has 0 radical (unpaired) electrons. The van der Waals surface area contributed by atoms with E-state index < -0.39 is 0 Å². The van der Waals surface area contributed by atoms with Crippen LogP contribution in [0.25, 0.3) is 104 Å². The lowest BCUT2D eigenvalue weighted by molar-refractivity contribution is 0.660. The van der Waals surface area contributed by atoms with Crippen molar-refractivity contribution in [3.05, 3.63) is 253 Å². The van der Waals surface area contributed by atoms with E-state index in [-0.39, 0.29) is 10.8 Å². The van der Waals surface area contributed by atoms with Crippen molar-refractivity contribution in [1.82, 2.24) is 4.57 Å². The predicted octanol–water partition coefficient (Wildman–Crippen LogP) is 19.1. The molecular formula is C70H50N2. The molecule has 13 aromatic rings. The van der Waals surface area contributed by atoms with Crippen LogP contribution in [0, 0.1) is 0 Å². The van der Waals surface area contributed by atoms with Crippen molar-refractivity contribution in [3.63, 3.8) is 0 Å². The Hall–Kier alpha value is -8.72. The molecule has 12 aromatic carbocycles. The smallest absolute Gasteiger partial charge is 0.0553 e. The second-order valence-corrected chi connectivity index (χ2v) is 21.3. The van der Waals surface area contributed by atoms with E-state index in [1.54, 1.807) is 0 Å². The van der Waals surface area contributed by atoms with Crippen LogP contribution in [0.3, 0.4) is 0 Å². The first kappa shape index (κ1) is 41.1. The average molecular weight is 919 g/mol. The van der Waals surface area contributed by atoms with E-state index >= 15 is 0 Å². The first-order valence-corrected chi connectivity index (χ1v) is 25.4. The van der Waals surface area contributed by atoms with Gasteiger partial charge in [-0.25, -0.2) is 0 Å². The number of benzene rings is 12. The number of nitrogens with zero attached hydrogens (tertiary/aromatic N) is 2. The van der Waals surface area contributed by atoms with Crippen molar-refractivity contribution in [1.29, 1.82) is 0 Å². The lowest BCUT2D eigenvalue weighted by Crippen LogP contribution is -2.18. The van der Waals surface area contributed by atoms with E-state index in [0.29, 0.717) is 0 Å². The van der Waals surface area contributed by atoms with E-state index in [2.05, 4.69) is 268 Å². The molecule has 0 bridgehead atoms. The van der Waals surface area contributed by atoms with Crippen molar-refractivity contribution < 1.29 is 0 Å². The van der Waals surface area contributed by atoms with Gasteiger partial charge in [-0.3, -0.25) is 0 Å². The molecule has 0 spiro atoms. The highest BCUT2D eigenvalue weighted by atomic mass is 15.1. The summed E-state index contributed by atoms with van der Waals surface area (Å²) in [5, 5.41) is 10.4. The molecule has 0 N–H and O–H groups in total. The van der Waals surface area contributed by atoms with Gasteiger partial charge in [-0.15, -0.1) is 0 Å². The molecule has 1 aromatic heterocycles. The summed E-state index contributed by atoms with van der Waals surface area (Å²) in [4.78, 5) is 2.47. The zero-order valence-electron chi connectivity index (χ0n) is 40.8. The van der Waals surface area contributed by atoms with Crippen LogP contribution in [0.2, 0.25) is 0 Å². The number of fused-ring (bicyclic) bond motifs is 10. The van der Waals surface area contributed by atoms with Crippen molar-refractivity contribution in [3.8, 4) is 50.2 Å². The first-order valence-electron chi connectivity index (χ1n) is 25.4. The third-order valence-electron chi connectivity index (χ3n) is 16.7. The van der Waals surface area contributed by atoms with E-state index in [1.807, 2.05) is 0 Å². The molecule has 2 nitrogen and oxygen atoms in total. The zero-order chi connectivity index (χ0) is 48.0. The van der Waals surface area contributed by atoms with Crippen LogP contribution in [0.4, 0.5) is 17.1 Å². The van der Waals surface area contributed by atoms with Gasteiger partial charge >= 0.3 is 0 Å². The Labute approximate surface area is 420 Å². The Kier molecular flexibility index (Phi) is 8.51. The number of aromatic nitrogens is 1. The van der Waals surface area contributed by atoms with Crippen LogP contribution in [0.5, 0.6) is 0 Å². The van der Waals surface area contributed by atoms with Gasteiger partial charge in [-0.2, -0.15) is 0 Å². The van der Waals surface area contributed by atoms with Crippen LogP contribution in [-0.4, -0.2) is 4.57 Å². The van der Waals surface area contributed by atoms with Crippen molar-refractivity contribution in [2.75, 3.05) is 4.90 Å². The number of rotatable bonds is 6. The van der Waals surface area contributed by atoms with Crippen LogP contribution < -0.4 is 4.90 Å². The highest BCUT2D eigenvalue weighted by molar-refractivity contribution is 6.33. The topological polar surface area (TPSA) is 8.17 Å². The van der Waals surface area contributed by atoms with Gasteiger partial charge in [0.2, 0.25) is 0 Å². The summed E-state index contributed by atoms with van der Waals surface area (Å²) in [5.41, 5.74) is 22.3. The SMILES string of the molecule is CC1(C)c2ccccc2-c2ccc(N(c3ccc(-c4ccccc4)cc3)c3ccc4c(c3)C(C)(C)c3cc(-c5ccc6c7c8ccc9cccc%10ccc(cc7n(-c7ccccc7)c6c5)c8c%109)ccc3-4)cc21. The lowest BCUT2D eigenvalue weighted by atomic mass is 9.81. The van der Waals surface area contributed by atoms with E-state index in [1.165, 1.54) is 127 Å². The summed E-state index contributed by atoms with van der Waals surface area (Å²) in [5.74, 6) is 0. The Balaban J connectivity index is 0.856. The van der Waals surface area contributed by atoms with Crippen LogP contribution >= 0.6 is 0 Å². The van der Waals surface area contributed by atoms with Gasteiger partial charge in [-0.05, 0) is 166 Å². The van der Waals surface area contributed by atoms with Crippen LogP contribution in [0.1, 0.15) is 49.9 Å². The third-order valence-corrected chi connectivity index (χ3v) is 16.7. The molecule has 0 unspecified atom stereocenters. The summed E-state index contributed by atoms with van der Waals surface area (Å²) in [7, 11) is 0. The second kappa shape index (κ2) is 14.9. The fourth-order valence-electron chi connectivity index (χ4n) is 13.1. The number of anilines is 3. The fraction of sp³-hybridized carbons (Fsp3) is 0.0857. The molecule has 0 fully saturated rings. The highest BCUT2D eigenvalue weighted by Crippen LogP contribution is 2.54. The molecule has 0 saturated heterocycles. The number of para-hydroxylation sites is 1. The molecule has 72 heavy (non-hydrogen) atoms. The Bertz CT molecular complexity index is 4350. The maximum absolute atomic E-state index is 2.49. The predicted molar refractivity (Wildman–Crippen MR) is 305 cm³/mol. The maximum Gasteiger partial charge on any atom is 0.0553 e. The monoisotopic (exact) mass is 918 g/mol. The molecular weight excluding hydrogens is 869 g/mol. The Morgan fingerprint density at radius 3 is 1.54 bits per heavy atom. The molecule has 2 aliphatic rings. The van der Waals surface area contributed by atoms with Gasteiger partial charge in [0.15, 0.2) is 0 Å². The summed E-state index contributed by atoms with van der Waals surface area (Å²) in [6.45, 7) is 9.56. The minimum Gasteiger partial charge on any atom is -0.310 e. The highest BCUT2D eigenvalue weighted by Gasteiger charge is 2.38. The number of hydrogen-bond acceptors (Lipinski definition) is 1. The molecule has 340 valence electrons. The van der Waals surface area contributed by atoms with E-state index in [4.69, 9.17) is 0 Å². The van der Waals surface area contributed by atoms with E-state index in [0.717, 1.165) is 17.1 Å². The van der Waals surface area contributed by atoms with Gasteiger partial charge in [-0.1, -0.05) is 191 Å². The minimum atomic E-state index is -0.249. The van der Waals surface area contributed by atoms with Gasteiger partial charge in [0.05, 0.1) is 11.0 Å². The van der Waals surface area contributed by atoms with Crippen molar-refractivity contribution in [2.24, 2.45) is 0 Å². The molecule has 0 amide bonds. The van der Waals surface area contributed by atoms with Gasteiger partial charge in [0, 0.05) is 44.4 Å². The standard InChI is InChI=1S/C70H50N2/c1-69(2)60-21-12-11-20-54(60)56-36-31-52(41-62(56)69)71(51-29-24-44(25-30-51)43-14-7-5-8-15-43)53-32-37-57-55-33-27-47(38-61(55)70(3,4)63(57)42-53)48-28-34-58-64(39-48)72(50-18-9-6-10-19-50)65-40-49-23-22-45-16-13-17-46-26-35-59(68(58)65)67(49)66(45)46/h5-42H,1-4H3. The third kappa shape index (κ3) is 5.78. The first-order chi connectivity index (χ1) is 35.2. The molecule has 1 heterocycles. The largest absolute Gasteiger partial charge is 0.310 e. The average Bonchev–Trinajstić information content (AvgIpc) is 3.96. The minimum absolute atomic E-state index is 0.117. The van der Waals surface area contributed by atoms with Gasteiger partial charge in [0.1, 0.15) is 0 Å². The van der Waals surface area contributed by atoms with Crippen LogP contribution in [-0.2, 0) is 10.8 Å². The van der Waals surface area contributed by atoms with E-state index in [9.17, 15) is 0 Å². The Morgan fingerprint density at radius 2 is 0.819 bits per heavy atom. The molecule has 2 heteroatoms. The lowest BCUT2D eigenvalue weighted by Gasteiger charge is -2.30. The summed E-state index contributed by atoms with van der Waals surface area (Å²) >= 11 is 0. The quantitative estimate of drug-likeness (QED) is 0.151. The normalized spacial score (nSPS) is 14.1. The van der Waals surface area contributed by atoms with Gasteiger partial charge in [0.25, 0.3) is 0 Å². The van der Waals surface area contributed by atoms with Crippen molar-refractivity contribution >= 4 is 71.2 Å². The molecule has 0 aliphatic heterocycles. The summed E-state index contributed by atoms with van der Waals surface area (Å²) < 4.78 is 2.49. The zero-order valence-corrected chi connectivity index (χ0v) is 40.8. The second-order valence-electron chi connectivity index (χ2n) is 21.3. The molecule has 15 rings (SSSR count). The van der Waals surface area contributed by atoms with Crippen molar-refractivity contribution in [2.45, 2.75) is 38.5 Å².